The lowest BCUT2D eigenvalue weighted by Gasteiger charge is -2.39. The number of piperidine rings is 1. The number of amides is 1. The molecule has 2 fully saturated rings. The summed E-state index contributed by atoms with van der Waals surface area (Å²) >= 11 is 0. The Morgan fingerprint density at radius 2 is 2.11 bits per heavy atom. The highest BCUT2D eigenvalue weighted by atomic mass is 16.2. The molecule has 2 heterocycles. The van der Waals surface area contributed by atoms with E-state index in [2.05, 4.69) is 29.0 Å². The van der Waals surface area contributed by atoms with E-state index in [1.54, 1.807) is 0 Å². The molecule has 0 aromatic heterocycles. The lowest BCUT2D eigenvalue weighted by molar-refractivity contribution is -0.136. The number of hydrogen-bond donors (Lipinski definition) is 1. The third-order valence-corrected chi connectivity index (χ3v) is 4.49. The Balaban J connectivity index is 1.97. The molecule has 2 rings (SSSR count). The summed E-state index contributed by atoms with van der Waals surface area (Å²) in [7, 11) is 0. The fourth-order valence-electron chi connectivity index (χ4n) is 3.41. The first kappa shape index (κ1) is 14.8. The quantitative estimate of drug-likeness (QED) is 0.819. The van der Waals surface area contributed by atoms with Gasteiger partial charge in [-0.15, -0.1) is 0 Å². The van der Waals surface area contributed by atoms with Crippen molar-refractivity contribution in [3.63, 3.8) is 0 Å². The maximum atomic E-state index is 12.6. The second kappa shape index (κ2) is 7.25. The van der Waals surface area contributed by atoms with Crippen molar-refractivity contribution in [1.29, 1.82) is 0 Å². The van der Waals surface area contributed by atoms with Gasteiger partial charge in [-0.25, -0.2) is 0 Å². The van der Waals surface area contributed by atoms with Crippen LogP contribution >= 0.6 is 0 Å². The molecular formula is C15H29N3O. The van der Waals surface area contributed by atoms with Crippen LogP contribution in [0.25, 0.3) is 0 Å². The Labute approximate surface area is 117 Å². The van der Waals surface area contributed by atoms with Crippen molar-refractivity contribution in [1.82, 2.24) is 15.1 Å². The van der Waals surface area contributed by atoms with Crippen LogP contribution in [0, 0.1) is 0 Å². The molecular weight excluding hydrogens is 238 g/mol. The zero-order chi connectivity index (χ0) is 13.7. The lowest BCUT2D eigenvalue weighted by atomic mass is 10.0. The van der Waals surface area contributed by atoms with E-state index < -0.39 is 0 Å². The third kappa shape index (κ3) is 3.69. The summed E-state index contributed by atoms with van der Waals surface area (Å²) in [6, 6.07) is 0.582. The van der Waals surface area contributed by atoms with E-state index in [1.165, 1.54) is 25.7 Å². The lowest BCUT2D eigenvalue weighted by Crippen LogP contribution is -2.54. The Hall–Kier alpha value is -0.610. The molecule has 0 aromatic rings. The van der Waals surface area contributed by atoms with Gasteiger partial charge in [0.05, 0.1) is 6.04 Å². The molecule has 2 aliphatic rings. The predicted octanol–water partition coefficient (Wildman–Crippen LogP) is 1.46. The van der Waals surface area contributed by atoms with Crippen LogP contribution < -0.4 is 5.32 Å². The first-order valence-corrected chi connectivity index (χ1v) is 7.99. The van der Waals surface area contributed by atoms with Gasteiger partial charge in [0.1, 0.15) is 0 Å². The van der Waals surface area contributed by atoms with Crippen molar-refractivity contribution < 1.29 is 4.79 Å². The van der Waals surface area contributed by atoms with E-state index in [9.17, 15) is 4.79 Å². The number of likely N-dealkylation sites (tertiary alicyclic amines) is 1. The minimum Gasteiger partial charge on any atom is -0.341 e. The van der Waals surface area contributed by atoms with Crippen molar-refractivity contribution in [3.05, 3.63) is 0 Å². The molecule has 19 heavy (non-hydrogen) atoms. The fourth-order valence-corrected chi connectivity index (χ4v) is 3.41. The summed E-state index contributed by atoms with van der Waals surface area (Å²) in [6.07, 6.45) is 5.93. The molecule has 1 N–H and O–H groups in total. The molecule has 0 aromatic carbocycles. The fraction of sp³-hybridized carbons (Fsp3) is 0.933. The molecule has 0 spiro atoms. The van der Waals surface area contributed by atoms with Crippen molar-refractivity contribution in [2.75, 3.05) is 32.7 Å². The van der Waals surface area contributed by atoms with Crippen LogP contribution in [-0.4, -0.2) is 60.5 Å². The van der Waals surface area contributed by atoms with Gasteiger partial charge in [0, 0.05) is 25.7 Å². The number of carbonyl (C=O) groups excluding carboxylic acids is 1. The van der Waals surface area contributed by atoms with Crippen LogP contribution in [-0.2, 0) is 4.79 Å². The maximum Gasteiger partial charge on any atom is 0.239 e. The van der Waals surface area contributed by atoms with Crippen molar-refractivity contribution in [2.45, 2.75) is 58.0 Å². The molecule has 0 aliphatic carbocycles. The largest absolute Gasteiger partial charge is 0.341 e. The standard InChI is InChI=1S/C15H29N3O/c1-3-9-18(14-7-6-8-16-12-14)13(2)15(19)17-10-4-5-11-17/h13-14,16H,3-12H2,1-2H3. The van der Waals surface area contributed by atoms with E-state index in [1.807, 2.05) is 0 Å². The highest BCUT2D eigenvalue weighted by Crippen LogP contribution is 2.18. The zero-order valence-corrected chi connectivity index (χ0v) is 12.5. The van der Waals surface area contributed by atoms with Gasteiger partial charge in [0.2, 0.25) is 5.91 Å². The van der Waals surface area contributed by atoms with Crippen LogP contribution in [0.1, 0.15) is 46.0 Å². The monoisotopic (exact) mass is 267 g/mol. The van der Waals surface area contributed by atoms with Gasteiger partial charge in [-0.1, -0.05) is 6.92 Å². The average Bonchev–Trinajstić information content (AvgIpc) is 2.98. The molecule has 0 bridgehead atoms. The number of nitrogens with zero attached hydrogens (tertiary/aromatic N) is 2. The first-order valence-electron chi connectivity index (χ1n) is 7.99. The smallest absolute Gasteiger partial charge is 0.239 e. The Morgan fingerprint density at radius 3 is 2.68 bits per heavy atom. The third-order valence-electron chi connectivity index (χ3n) is 4.49. The van der Waals surface area contributed by atoms with Crippen LogP contribution in [0.3, 0.4) is 0 Å². The molecule has 2 aliphatic heterocycles. The van der Waals surface area contributed by atoms with Crippen molar-refractivity contribution in [3.8, 4) is 0 Å². The van der Waals surface area contributed by atoms with Gasteiger partial charge < -0.3 is 10.2 Å². The van der Waals surface area contributed by atoms with Gasteiger partial charge in [-0.3, -0.25) is 9.69 Å². The van der Waals surface area contributed by atoms with E-state index >= 15 is 0 Å². The van der Waals surface area contributed by atoms with E-state index in [4.69, 9.17) is 0 Å². The number of rotatable bonds is 5. The van der Waals surface area contributed by atoms with Crippen LogP contribution in [0.2, 0.25) is 0 Å². The molecule has 1 amide bonds. The van der Waals surface area contributed by atoms with Crippen molar-refractivity contribution >= 4 is 5.91 Å². The summed E-state index contributed by atoms with van der Waals surface area (Å²) in [5.41, 5.74) is 0. The summed E-state index contributed by atoms with van der Waals surface area (Å²) in [5.74, 6) is 0.344. The Bertz CT molecular complexity index is 283. The zero-order valence-electron chi connectivity index (χ0n) is 12.5. The molecule has 110 valence electrons. The number of hydrogen-bond acceptors (Lipinski definition) is 3. The highest BCUT2D eigenvalue weighted by Gasteiger charge is 2.31. The van der Waals surface area contributed by atoms with Crippen LogP contribution in [0.4, 0.5) is 0 Å². The molecule has 0 radical (unpaired) electrons. The van der Waals surface area contributed by atoms with Gasteiger partial charge in [0.15, 0.2) is 0 Å². The summed E-state index contributed by atoms with van der Waals surface area (Å²) in [6.45, 7) is 9.44. The second-order valence-corrected chi connectivity index (χ2v) is 5.95. The highest BCUT2D eigenvalue weighted by molar-refractivity contribution is 5.81. The van der Waals surface area contributed by atoms with E-state index in [0.717, 1.165) is 39.1 Å². The first-order chi connectivity index (χ1) is 9.24. The van der Waals surface area contributed by atoms with Gasteiger partial charge in [-0.2, -0.15) is 0 Å². The maximum absolute atomic E-state index is 12.6. The van der Waals surface area contributed by atoms with Crippen LogP contribution in [0.5, 0.6) is 0 Å². The molecule has 0 saturated carbocycles. The normalized spacial score (nSPS) is 25.8. The van der Waals surface area contributed by atoms with Crippen molar-refractivity contribution in [2.24, 2.45) is 0 Å². The van der Waals surface area contributed by atoms with Gasteiger partial charge in [0.25, 0.3) is 0 Å². The summed E-state index contributed by atoms with van der Waals surface area (Å²) in [5, 5.41) is 3.47. The molecule has 2 saturated heterocycles. The average molecular weight is 267 g/mol. The van der Waals surface area contributed by atoms with Gasteiger partial charge in [-0.05, 0) is 52.1 Å². The summed E-state index contributed by atoms with van der Waals surface area (Å²) < 4.78 is 0. The minimum absolute atomic E-state index is 0.0444. The summed E-state index contributed by atoms with van der Waals surface area (Å²) in [4.78, 5) is 17.1. The Kier molecular flexibility index (Phi) is 5.64. The van der Waals surface area contributed by atoms with E-state index in [0.29, 0.717) is 11.9 Å². The SMILES string of the molecule is CCCN(C1CCCNC1)C(C)C(=O)N1CCCC1. The minimum atomic E-state index is 0.0444. The second-order valence-electron chi connectivity index (χ2n) is 5.95. The van der Waals surface area contributed by atoms with Crippen LogP contribution in [0.15, 0.2) is 0 Å². The molecule has 2 atom stereocenters. The van der Waals surface area contributed by atoms with Gasteiger partial charge >= 0.3 is 0 Å². The number of nitrogens with one attached hydrogen (secondary N) is 1. The molecule has 4 heteroatoms. The number of carbonyl (C=O) groups is 1. The Morgan fingerprint density at radius 1 is 1.37 bits per heavy atom. The molecule has 2 unspecified atom stereocenters. The topological polar surface area (TPSA) is 35.6 Å². The molecule has 4 nitrogen and oxygen atoms in total. The predicted molar refractivity (Wildman–Crippen MR) is 78.2 cm³/mol. The van der Waals surface area contributed by atoms with E-state index in [-0.39, 0.29) is 6.04 Å².